The summed E-state index contributed by atoms with van der Waals surface area (Å²) in [5.41, 5.74) is 0. The molecule has 1 aromatic heterocycles. The van der Waals surface area contributed by atoms with Crippen molar-refractivity contribution in [2.45, 2.75) is 39.3 Å². The molecule has 0 bridgehead atoms. The fraction of sp³-hybridized carbons (Fsp3) is 0.750. The van der Waals surface area contributed by atoms with Gasteiger partial charge in [-0.3, -0.25) is 0 Å². The third-order valence-electron chi connectivity index (χ3n) is 2.81. The molecule has 0 radical (unpaired) electrons. The van der Waals surface area contributed by atoms with Gasteiger partial charge < -0.3 is 10.1 Å². The molecule has 0 spiro atoms. The number of nitrogens with zero attached hydrogens (tertiary/aromatic N) is 2. The van der Waals surface area contributed by atoms with Gasteiger partial charge in [-0.15, -0.1) is 0 Å². The van der Waals surface area contributed by atoms with Crippen LogP contribution in [0.25, 0.3) is 0 Å². The Hall–Kier alpha value is -1.03. The van der Waals surface area contributed by atoms with Crippen molar-refractivity contribution in [2.75, 3.05) is 18.5 Å². The number of nitrogens with one attached hydrogen (secondary N) is 1. The van der Waals surface area contributed by atoms with Crippen LogP contribution in [0.1, 0.15) is 26.7 Å². The summed E-state index contributed by atoms with van der Waals surface area (Å²) in [6.45, 7) is 6.71. The SMILES string of the molecule is CCOCC(C)Nc1ccnn1CC1CC1. The maximum atomic E-state index is 5.39. The Morgan fingerprint density at radius 3 is 3.12 bits per heavy atom. The van der Waals surface area contributed by atoms with Crippen LogP contribution in [0.15, 0.2) is 12.3 Å². The zero-order chi connectivity index (χ0) is 11.4. The van der Waals surface area contributed by atoms with Crippen LogP contribution >= 0.6 is 0 Å². The van der Waals surface area contributed by atoms with Gasteiger partial charge in [0.1, 0.15) is 5.82 Å². The minimum atomic E-state index is 0.328. The van der Waals surface area contributed by atoms with E-state index >= 15 is 0 Å². The van der Waals surface area contributed by atoms with E-state index in [9.17, 15) is 0 Å². The van der Waals surface area contributed by atoms with Crippen molar-refractivity contribution in [2.24, 2.45) is 5.92 Å². The van der Waals surface area contributed by atoms with E-state index in [0.717, 1.165) is 31.5 Å². The van der Waals surface area contributed by atoms with Crippen LogP contribution in [0.3, 0.4) is 0 Å². The third kappa shape index (κ3) is 3.23. The first-order valence-corrected chi connectivity index (χ1v) is 6.15. The van der Waals surface area contributed by atoms with E-state index < -0.39 is 0 Å². The monoisotopic (exact) mass is 223 g/mol. The molecule has 2 rings (SSSR count). The van der Waals surface area contributed by atoms with E-state index in [1.54, 1.807) is 0 Å². The summed E-state index contributed by atoms with van der Waals surface area (Å²) in [4.78, 5) is 0. The molecule has 90 valence electrons. The van der Waals surface area contributed by atoms with E-state index in [4.69, 9.17) is 4.74 Å². The number of hydrogen-bond acceptors (Lipinski definition) is 3. The predicted octanol–water partition coefficient (Wildman–Crippen LogP) is 2.13. The Bertz CT molecular complexity index is 320. The van der Waals surface area contributed by atoms with Gasteiger partial charge in [0.25, 0.3) is 0 Å². The van der Waals surface area contributed by atoms with Crippen molar-refractivity contribution in [1.29, 1.82) is 0 Å². The van der Waals surface area contributed by atoms with Gasteiger partial charge in [0, 0.05) is 25.3 Å². The molecule has 0 aliphatic heterocycles. The molecule has 1 aromatic rings. The number of aromatic nitrogens is 2. The summed E-state index contributed by atoms with van der Waals surface area (Å²) in [6, 6.07) is 2.36. The molecule has 1 saturated carbocycles. The molecule has 0 aromatic carbocycles. The van der Waals surface area contributed by atoms with Gasteiger partial charge in [0.15, 0.2) is 0 Å². The second-order valence-corrected chi connectivity index (χ2v) is 4.55. The molecule has 0 saturated heterocycles. The van der Waals surface area contributed by atoms with Gasteiger partial charge in [0.05, 0.1) is 12.8 Å². The minimum Gasteiger partial charge on any atom is -0.380 e. The Labute approximate surface area is 97.0 Å². The molecule has 1 unspecified atom stereocenters. The highest BCUT2D eigenvalue weighted by Gasteiger charge is 2.23. The summed E-state index contributed by atoms with van der Waals surface area (Å²) < 4.78 is 7.45. The Morgan fingerprint density at radius 2 is 2.44 bits per heavy atom. The third-order valence-corrected chi connectivity index (χ3v) is 2.81. The summed E-state index contributed by atoms with van der Waals surface area (Å²) in [6.07, 6.45) is 4.57. The first-order valence-electron chi connectivity index (χ1n) is 6.15. The molecule has 1 aliphatic rings. The Balaban J connectivity index is 1.84. The molecule has 1 heterocycles. The van der Waals surface area contributed by atoms with E-state index in [2.05, 4.69) is 22.0 Å². The van der Waals surface area contributed by atoms with Crippen LogP contribution in [0, 0.1) is 5.92 Å². The molecule has 16 heavy (non-hydrogen) atoms. The van der Waals surface area contributed by atoms with E-state index in [-0.39, 0.29) is 0 Å². The largest absolute Gasteiger partial charge is 0.380 e. The molecule has 4 nitrogen and oxygen atoms in total. The van der Waals surface area contributed by atoms with Gasteiger partial charge in [-0.05, 0) is 32.6 Å². The fourth-order valence-electron chi connectivity index (χ4n) is 1.73. The average Bonchev–Trinajstić information content (AvgIpc) is 2.98. The zero-order valence-corrected chi connectivity index (χ0v) is 10.1. The van der Waals surface area contributed by atoms with E-state index in [1.807, 2.05) is 19.2 Å². The number of anilines is 1. The summed E-state index contributed by atoms with van der Waals surface area (Å²) in [7, 11) is 0. The van der Waals surface area contributed by atoms with Gasteiger partial charge in [-0.2, -0.15) is 5.10 Å². The van der Waals surface area contributed by atoms with Gasteiger partial charge in [-0.1, -0.05) is 0 Å². The highest BCUT2D eigenvalue weighted by molar-refractivity contribution is 5.35. The number of rotatable bonds is 7. The van der Waals surface area contributed by atoms with Crippen molar-refractivity contribution in [3.05, 3.63) is 12.3 Å². The van der Waals surface area contributed by atoms with Crippen LogP contribution < -0.4 is 5.32 Å². The second-order valence-electron chi connectivity index (χ2n) is 4.55. The molecule has 1 N–H and O–H groups in total. The molecule has 1 atom stereocenters. The normalized spacial score (nSPS) is 17.4. The molecular formula is C12H21N3O. The highest BCUT2D eigenvalue weighted by atomic mass is 16.5. The van der Waals surface area contributed by atoms with Crippen molar-refractivity contribution in [3.63, 3.8) is 0 Å². The molecule has 0 amide bonds. The molecular weight excluding hydrogens is 202 g/mol. The molecule has 1 aliphatic carbocycles. The minimum absolute atomic E-state index is 0.328. The van der Waals surface area contributed by atoms with Crippen molar-refractivity contribution in [1.82, 2.24) is 9.78 Å². The number of hydrogen-bond donors (Lipinski definition) is 1. The average molecular weight is 223 g/mol. The molecule has 4 heteroatoms. The van der Waals surface area contributed by atoms with Crippen LogP contribution in [0.4, 0.5) is 5.82 Å². The lowest BCUT2D eigenvalue weighted by molar-refractivity contribution is 0.141. The summed E-state index contributed by atoms with van der Waals surface area (Å²) in [5.74, 6) is 1.96. The summed E-state index contributed by atoms with van der Waals surface area (Å²) >= 11 is 0. The van der Waals surface area contributed by atoms with Gasteiger partial charge in [-0.25, -0.2) is 4.68 Å². The lowest BCUT2D eigenvalue weighted by Gasteiger charge is -2.16. The maximum Gasteiger partial charge on any atom is 0.124 e. The second kappa shape index (κ2) is 5.34. The van der Waals surface area contributed by atoms with Gasteiger partial charge >= 0.3 is 0 Å². The quantitative estimate of drug-likeness (QED) is 0.769. The zero-order valence-electron chi connectivity index (χ0n) is 10.1. The van der Waals surface area contributed by atoms with E-state index in [0.29, 0.717) is 6.04 Å². The Kier molecular flexibility index (Phi) is 3.83. The van der Waals surface area contributed by atoms with Gasteiger partial charge in [0.2, 0.25) is 0 Å². The summed E-state index contributed by atoms with van der Waals surface area (Å²) in [5, 5.41) is 7.78. The standard InChI is InChI=1S/C12H21N3O/c1-3-16-9-10(2)14-12-6-7-13-15(12)8-11-4-5-11/h6-7,10-11,14H,3-5,8-9H2,1-2H3. The molecule has 1 fully saturated rings. The fourth-order valence-corrected chi connectivity index (χ4v) is 1.73. The van der Waals surface area contributed by atoms with Crippen LogP contribution in [-0.4, -0.2) is 29.0 Å². The number of ether oxygens (including phenoxy) is 1. The maximum absolute atomic E-state index is 5.39. The predicted molar refractivity (Wildman–Crippen MR) is 64.5 cm³/mol. The van der Waals surface area contributed by atoms with Crippen LogP contribution in [0.5, 0.6) is 0 Å². The lowest BCUT2D eigenvalue weighted by atomic mass is 10.3. The van der Waals surface area contributed by atoms with Crippen molar-refractivity contribution in [3.8, 4) is 0 Å². The van der Waals surface area contributed by atoms with Crippen molar-refractivity contribution < 1.29 is 4.74 Å². The van der Waals surface area contributed by atoms with Crippen LogP contribution in [-0.2, 0) is 11.3 Å². The van der Waals surface area contributed by atoms with Crippen molar-refractivity contribution >= 4 is 5.82 Å². The van der Waals surface area contributed by atoms with E-state index in [1.165, 1.54) is 12.8 Å². The lowest BCUT2D eigenvalue weighted by Crippen LogP contribution is -2.23. The first kappa shape index (κ1) is 11.5. The smallest absolute Gasteiger partial charge is 0.124 e. The van der Waals surface area contributed by atoms with Crippen LogP contribution in [0.2, 0.25) is 0 Å². The topological polar surface area (TPSA) is 39.1 Å². The highest BCUT2D eigenvalue weighted by Crippen LogP contribution is 2.31. The Morgan fingerprint density at radius 1 is 1.62 bits per heavy atom. The first-order chi connectivity index (χ1) is 7.79.